The minimum Gasteiger partial charge on any atom is -0.394 e. The van der Waals surface area contributed by atoms with Crippen LogP contribution in [0.4, 0.5) is 0 Å². The Labute approximate surface area is 168 Å². The number of rotatable bonds is 10. The van der Waals surface area contributed by atoms with Gasteiger partial charge < -0.3 is 25.6 Å². The van der Waals surface area contributed by atoms with Gasteiger partial charge in [0.15, 0.2) is 11.4 Å². The van der Waals surface area contributed by atoms with Gasteiger partial charge in [-0.2, -0.15) is 0 Å². The van der Waals surface area contributed by atoms with Crippen molar-refractivity contribution in [1.82, 2.24) is 10.6 Å². The largest absolute Gasteiger partial charge is 0.394 e. The quantitative estimate of drug-likeness (QED) is 0.409. The number of Topliss-reactive ketones (excluding diaryl/α,β-unsaturated/α-hetero) is 1. The number of aliphatic hydroxyl groups is 2. The molecule has 1 aromatic rings. The molecule has 1 aliphatic rings. The Hall–Kier alpha value is -2.00. The monoisotopic (exact) mass is 412 g/mol. The number of hydrogen-bond donors (Lipinski definition) is 4. The van der Waals surface area contributed by atoms with Gasteiger partial charge in [0.25, 0.3) is 5.91 Å². The van der Waals surface area contributed by atoms with Crippen LogP contribution in [0.3, 0.4) is 0 Å². The van der Waals surface area contributed by atoms with Crippen molar-refractivity contribution in [2.75, 3.05) is 19.8 Å². The predicted molar refractivity (Wildman–Crippen MR) is 102 cm³/mol. The lowest BCUT2D eigenvalue weighted by Crippen LogP contribution is -2.55. The molecule has 8 nitrogen and oxygen atoms in total. The zero-order valence-electron chi connectivity index (χ0n) is 15.8. The van der Waals surface area contributed by atoms with E-state index < -0.39 is 48.5 Å². The van der Waals surface area contributed by atoms with Crippen LogP contribution in [0, 0.1) is 5.92 Å². The fourth-order valence-electron chi connectivity index (χ4n) is 2.73. The van der Waals surface area contributed by atoms with Gasteiger partial charge in [0.1, 0.15) is 6.04 Å². The van der Waals surface area contributed by atoms with Crippen LogP contribution in [0.25, 0.3) is 0 Å². The average Bonchev–Trinajstić information content (AvgIpc) is 3.46. The van der Waals surface area contributed by atoms with E-state index in [1.54, 1.807) is 0 Å². The van der Waals surface area contributed by atoms with Crippen LogP contribution >= 0.6 is 11.6 Å². The molecule has 1 saturated heterocycles. The van der Waals surface area contributed by atoms with Crippen molar-refractivity contribution >= 4 is 29.2 Å². The minimum atomic E-state index is -1.27. The van der Waals surface area contributed by atoms with E-state index in [0.29, 0.717) is 11.4 Å². The first kappa shape index (κ1) is 22.3. The van der Waals surface area contributed by atoms with Gasteiger partial charge in [0, 0.05) is 10.6 Å². The van der Waals surface area contributed by atoms with Crippen LogP contribution in [0.5, 0.6) is 0 Å². The van der Waals surface area contributed by atoms with E-state index in [1.165, 1.54) is 24.3 Å². The van der Waals surface area contributed by atoms with Crippen LogP contribution in [0.1, 0.15) is 30.6 Å². The van der Waals surface area contributed by atoms with Gasteiger partial charge in [-0.05, 0) is 36.6 Å². The van der Waals surface area contributed by atoms with Crippen molar-refractivity contribution in [2.45, 2.75) is 38.0 Å². The number of carbonyl (C=O) groups excluding carboxylic acids is 3. The third kappa shape index (κ3) is 5.51. The minimum absolute atomic E-state index is 0.0833. The molecule has 1 aromatic carbocycles. The van der Waals surface area contributed by atoms with Crippen LogP contribution in [-0.2, 0) is 14.3 Å². The molecular formula is C19H25ClN2O6. The molecule has 1 aliphatic heterocycles. The van der Waals surface area contributed by atoms with E-state index in [2.05, 4.69) is 10.6 Å². The maximum Gasteiger partial charge on any atom is 0.251 e. The highest BCUT2D eigenvalue weighted by molar-refractivity contribution is 6.30. The Morgan fingerprint density at radius 1 is 1.14 bits per heavy atom. The van der Waals surface area contributed by atoms with Crippen LogP contribution < -0.4 is 10.6 Å². The molecule has 28 heavy (non-hydrogen) atoms. The van der Waals surface area contributed by atoms with E-state index in [4.69, 9.17) is 16.3 Å². The Morgan fingerprint density at radius 3 is 2.21 bits per heavy atom. The zero-order valence-corrected chi connectivity index (χ0v) is 16.5. The second kappa shape index (κ2) is 9.47. The second-order valence-corrected chi connectivity index (χ2v) is 7.65. The molecule has 0 radical (unpaired) electrons. The average molecular weight is 413 g/mol. The lowest BCUT2D eigenvalue weighted by atomic mass is 9.92. The normalized spacial score (nSPS) is 20.4. The lowest BCUT2D eigenvalue weighted by Gasteiger charge is -2.24. The summed E-state index contributed by atoms with van der Waals surface area (Å²) in [6, 6.07) is 3.91. The molecule has 2 rings (SSSR count). The molecule has 154 valence electrons. The number of halogens is 1. The van der Waals surface area contributed by atoms with Crippen molar-refractivity contribution in [3.63, 3.8) is 0 Å². The number of aliphatic hydroxyl groups excluding tert-OH is 2. The number of carbonyl (C=O) groups is 3. The summed E-state index contributed by atoms with van der Waals surface area (Å²) in [5.74, 6) is -1.59. The van der Waals surface area contributed by atoms with E-state index in [-0.39, 0.29) is 18.1 Å². The van der Waals surface area contributed by atoms with Crippen LogP contribution in [0.2, 0.25) is 5.02 Å². The van der Waals surface area contributed by atoms with Gasteiger partial charge in [0.05, 0.1) is 25.9 Å². The number of nitrogens with one attached hydrogen (secondary N) is 2. The molecule has 0 saturated carbocycles. The maximum atomic E-state index is 12.7. The second-order valence-electron chi connectivity index (χ2n) is 7.21. The summed E-state index contributed by atoms with van der Waals surface area (Å²) < 4.78 is 5.09. The molecule has 1 fully saturated rings. The van der Waals surface area contributed by atoms with Crippen molar-refractivity contribution in [3.8, 4) is 0 Å². The summed E-state index contributed by atoms with van der Waals surface area (Å²) >= 11 is 5.79. The summed E-state index contributed by atoms with van der Waals surface area (Å²) in [5, 5.41) is 24.4. The smallest absolute Gasteiger partial charge is 0.251 e. The summed E-state index contributed by atoms with van der Waals surface area (Å²) in [5.41, 5.74) is -0.996. The number of benzene rings is 1. The first-order valence-electron chi connectivity index (χ1n) is 8.99. The van der Waals surface area contributed by atoms with Gasteiger partial charge in [0.2, 0.25) is 5.91 Å². The fraction of sp³-hybridized carbons (Fsp3) is 0.526. The Morgan fingerprint density at radius 2 is 1.75 bits per heavy atom. The van der Waals surface area contributed by atoms with Crippen molar-refractivity contribution in [2.24, 2.45) is 5.92 Å². The number of ketones is 1. The van der Waals surface area contributed by atoms with Gasteiger partial charge in [-0.25, -0.2) is 0 Å². The SMILES string of the molecule is CC(C)C[C@H](NC(=O)[C@H](CO)NC(=O)c1ccc(Cl)cc1)C(=O)[C@@]1(CO)CO1. The number of ether oxygens (including phenoxy) is 1. The summed E-state index contributed by atoms with van der Waals surface area (Å²) in [7, 11) is 0. The van der Waals surface area contributed by atoms with Crippen molar-refractivity contribution in [1.29, 1.82) is 0 Å². The van der Waals surface area contributed by atoms with Crippen LogP contribution in [-0.4, -0.2) is 65.3 Å². The van der Waals surface area contributed by atoms with E-state index >= 15 is 0 Å². The highest BCUT2D eigenvalue weighted by Crippen LogP contribution is 2.30. The molecule has 0 spiro atoms. The third-order valence-corrected chi connectivity index (χ3v) is 4.70. The summed E-state index contributed by atoms with van der Waals surface area (Å²) in [6.07, 6.45) is 0.332. The zero-order chi connectivity index (χ0) is 20.9. The van der Waals surface area contributed by atoms with Gasteiger partial charge in [-0.1, -0.05) is 25.4 Å². The summed E-state index contributed by atoms with van der Waals surface area (Å²) in [6.45, 7) is 2.77. The molecular weight excluding hydrogens is 388 g/mol. The molecule has 4 N–H and O–H groups in total. The predicted octanol–water partition coefficient (Wildman–Crippen LogP) is 0.292. The van der Waals surface area contributed by atoms with E-state index in [9.17, 15) is 24.6 Å². The molecule has 1 heterocycles. The molecule has 2 amide bonds. The molecule has 9 heteroatoms. The fourth-order valence-corrected chi connectivity index (χ4v) is 2.85. The number of epoxide rings is 1. The van der Waals surface area contributed by atoms with Crippen molar-refractivity contribution in [3.05, 3.63) is 34.9 Å². The van der Waals surface area contributed by atoms with Gasteiger partial charge in [-0.3, -0.25) is 14.4 Å². The number of amides is 2. The highest BCUT2D eigenvalue weighted by Gasteiger charge is 2.54. The van der Waals surface area contributed by atoms with Gasteiger partial charge >= 0.3 is 0 Å². The van der Waals surface area contributed by atoms with Crippen molar-refractivity contribution < 1.29 is 29.3 Å². The first-order valence-corrected chi connectivity index (χ1v) is 9.37. The molecule has 0 unspecified atom stereocenters. The summed E-state index contributed by atoms with van der Waals surface area (Å²) in [4.78, 5) is 37.5. The number of hydrogen-bond acceptors (Lipinski definition) is 6. The lowest BCUT2D eigenvalue weighted by molar-refractivity contribution is -0.133. The van der Waals surface area contributed by atoms with E-state index in [1.807, 2.05) is 13.8 Å². The topological polar surface area (TPSA) is 128 Å². The Balaban J connectivity index is 2.05. The third-order valence-electron chi connectivity index (χ3n) is 4.45. The first-order chi connectivity index (χ1) is 13.2. The van der Waals surface area contributed by atoms with Gasteiger partial charge in [-0.15, -0.1) is 0 Å². The van der Waals surface area contributed by atoms with E-state index in [0.717, 1.165) is 0 Å². The molecule has 3 atom stereocenters. The molecule has 0 aliphatic carbocycles. The highest BCUT2D eigenvalue weighted by atomic mass is 35.5. The Bertz CT molecular complexity index is 718. The molecule has 0 aromatic heterocycles. The maximum absolute atomic E-state index is 12.7. The standard InChI is InChI=1S/C19H25ClN2O6/c1-11(2)7-14(16(25)19(9-24)10-28-19)21-18(27)15(8-23)22-17(26)12-3-5-13(20)6-4-12/h3-6,11,14-15,23-24H,7-10H2,1-2H3,(H,21,27)(H,22,26)/t14-,15-,19+/m0/s1. The van der Waals surface area contributed by atoms with Crippen LogP contribution in [0.15, 0.2) is 24.3 Å². The Kier molecular flexibility index (Phi) is 7.54. The molecule has 0 bridgehead atoms.